The third kappa shape index (κ3) is 12.4. The number of nitrogens with one attached hydrogen (secondary N) is 7. The molecule has 2 unspecified atom stereocenters. The molecule has 3 aromatic rings. The summed E-state index contributed by atoms with van der Waals surface area (Å²) in [6.07, 6.45) is -2.24. The predicted molar refractivity (Wildman–Crippen MR) is 147 cm³/mol. The molecule has 0 bridgehead atoms. The van der Waals surface area contributed by atoms with Gasteiger partial charge in [-0.05, 0) is 0 Å². The Kier molecular flexibility index (Phi) is 12.9. The molecule has 0 spiro atoms. The number of aliphatic hydroxyl groups excluding tert-OH is 4. The van der Waals surface area contributed by atoms with Crippen LogP contribution in [-0.2, 0) is 19.5 Å². The van der Waals surface area contributed by atoms with E-state index in [1.807, 2.05) is 0 Å². The summed E-state index contributed by atoms with van der Waals surface area (Å²) in [5, 5.41) is 71.2. The monoisotopic (exact) mass is 653 g/mol. The van der Waals surface area contributed by atoms with Crippen molar-refractivity contribution in [2.45, 2.75) is 12.2 Å². The smallest absolute Gasteiger partial charge is 0.283 e. The Morgan fingerprint density at radius 3 is 1.79 bits per heavy atom. The molecule has 3 heterocycles. The van der Waals surface area contributed by atoms with Crippen molar-refractivity contribution < 1.29 is 48.0 Å². The minimum Gasteiger partial charge on any atom is -0.394 e. The summed E-state index contributed by atoms with van der Waals surface area (Å²) in [5.74, 6) is -1.62. The summed E-state index contributed by atoms with van der Waals surface area (Å²) < 4.78 is 35.5. The lowest BCUT2D eigenvalue weighted by atomic mass is 10.4. The second-order valence-electron chi connectivity index (χ2n) is 7.79. The first kappa shape index (κ1) is 33.4. The van der Waals surface area contributed by atoms with Crippen LogP contribution in [0.2, 0.25) is 0 Å². The van der Waals surface area contributed by atoms with Crippen LogP contribution in [0.3, 0.4) is 0 Å². The zero-order valence-electron chi connectivity index (χ0n) is 21.6. The van der Waals surface area contributed by atoms with E-state index in [2.05, 4.69) is 86.4 Å². The van der Waals surface area contributed by atoms with Gasteiger partial charge in [0.05, 0.1) is 43.3 Å². The van der Waals surface area contributed by atoms with Gasteiger partial charge in [0.15, 0.2) is 0 Å². The number of aliphatic hydroxyl groups is 4. The quantitative estimate of drug-likeness (QED) is 0.0143. The molecule has 0 fully saturated rings. The topological polar surface area (TPSA) is 365 Å². The van der Waals surface area contributed by atoms with Gasteiger partial charge in [-0.2, -0.15) is 43.3 Å². The summed E-state index contributed by atoms with van der Waals surface area (Å²) in [5.41, 5.74) is 0. The van der Waals surface area contributed by atoms with E-state index in [0.29, 0.717) is 12.0 Å². The van der Waals surface area contributed by atoms with Crippen LogP contribution in [0.5, 0.6) is 0 Å². The summed E-state index contributed by atoms with van der Waals surface area (Å²) in [6.45, 7) is -1.30. The summed E-state index contributed by atoms with van der Waals surface area (Å²) in [7, 11) is -4.42. The first-order valence-corrected chi connectivity index (χ1v) is 14.2. The fourth-order valence-corrected chi connectivity index (χ4v) is 3.19. The Morgan fingerprint density at radius 1 is 0.744 bits per heavy atom. The van der Waals surface area contributed by atoms with Gasteiger partial charge in [0.25, 0.3) is 16.1 Å². The van der Waals surface area contributed by atoms with Crippen molar-refractivity contribution in [1.82, 2.24) is 45.1 Å². The molecule has 0 aliphatic carbocycles. The molecule has 3 rings (SSSR count). The second kappa shape index (κ2) is 16.5. The number of H-pyrrole nitrogens is 1. The fraction of sp³-hybridized carbons (Fsp3) is 0.500. The molecule has 43 heavy (non-hydrogen) atoms. The second-order valence-corrected chi connectivity index (χ2v) is 9.90. The lowest BCUT2D eigenvalue weighted by molar-refractivity contribution is -0.432. The van der Waals surface area contributed by atoms with Crippen molar-refractivity contribution in [3.63, 3.8) is 0 Å². The molecule has 27 heteroatoms. The van der Waals surface area contributed by atoms with Crippen LogP contribution < -0.4 is 31.9 Å². The SMILES string of the molecule is O=S(=O)(O)CNc1nc(NCC(O)CO)nc(Nc2nc(Nc3nc(NCSOOO)nc(NCC(O)CO)n3)n[nH]2)n1. The standard InChI is InChI=1S/C16H27N15O10S2/c32-3-7(34)1-17-9-21-11(19-5-42-41-40-36)25-13(23-9)27-15-29-16(31-30-15)28-14-24-10(18-2-8(35)4-33)22-12(26-14)20-6-43(37,38)39/h7-8,32-36H,1-6H2,(H,37,38,39)(H7,17,18,19,20,21,22,23,24,25,26,27,28,29,30,31). The van der Waals surface area contributed by atoms with Gasteiger partial charge in [0.1, 0.15) is 5.88 Å². The maximum Gasteiger partial charge on any atom is 0.283 e. The Balaban J connectivity index is 1.76. The van der Waals surface area contributed by atoms with Crippen LogP contribution in [0, 0.1) is 0 Å². The van der Waals surface area contributed by atoms with Crippen molar-refractivity contribution in [2.75, 3.05) is 70.0 Å². The van der Waals surface area contributed by atoms with Crippen molar-refractivity contribution >= 4 is 69.7 Å². The third-order valence-corrected chi connectivity index (χ3v) is 5.33. The lowest BCUT2D eigenvalue weighted by Gasteiger charge is -2.11. The molecule has 3 aromatic heterocycles. The molecule has 25 nitrogen and oxygen atoms in total. The van der Waals surface area contributed by atoms with Crippen molar-refractivity contribution in [1.29, 1.82) is 0 Å². The number of aromatic nitrogens is 9. The van der Waals surface area contributed by atoms with Crippen LogP contribution in [-0.4, -0.2) is 134 Å². The van der Waals surface area contributed by atoms with E-state index in [-0.39, 0.29) is 66.6 Å². The lowest BCUT2D eigenvalue weighted by Crippen LogP contribution is -2.24. The fourth-order valence-electron chi connectivity index (χ4n) is 2.60. The average Bonchev–Trinajstić information content (AvgIpc) is 3.41. The van der Waals surface area contributed by atoms with Crippen molar-refractivity contribution in [3.05, 3.63) is 0 Å². The Labute approximate surface area is 245 Å². The molecule has 0 saturated carbocycles. The van der Waals surface area contributed by atoms with Gasteiger partial charge in [-0.25, -0.2) is 10.4 Å². The van der Waals surface area contributed by atoms with Gasteiger partial charge in [0.2, 0.25) is 41.6 Å². The molecule has 13 N–H and O–H groups in total. The van der Waals surface area contributed by atoms with Gasteiger partial charge in [0, 0.05) is 13.1 Å². The number of hydrogen-bond acceptors (Lipinski definition) is 24. The number of rotatable bonds is 20. The van der Waals surface area contributed by atoms with Crippen molar-refractivity contribution in [2.24, 2.45) is 0 Å². The Bertz CT molecular complexity index is 1400. The summed E-state index contributed by atoms with van der Waals surface area (Å²) in [6, 6.07) is 0. The molecule has 0 amide bonds. The van der Waals surface area contributed by atoms with Gasteiger partial charge < -0.3 is 41.7 Å². The highest BCUT2D eigenvalue weighted by Gasteiger charge is 2.15. The highest BCUT2D eigenvalue weighted by atomic mass is 32.2. The first-order valence-electron chi connectivity index (χ1n) is 11.6. The van der Waals surface area contributed by atoms with Crippen molar-refractivity contribution in [3.8, 4) is 0 Å². The molecule has 2 atom stereocenters. The van der Waals surface area contributed by atoms with Crippen LogP contribution >= 0.6 is 12.0 Å². The van der Waals surface area contributed by atoms with E-state index in [4.69, 9.17) is 20.0 Å². The highest BCUT2D eigenvalue weighted by molar-refractivity contribution is 7.94. The van der Waals surface area contributed by atoms with Gasteiger partial charge in [-0.1, -0.05) is 5.04 Å². The molecular formula is C16H27N15O10S2. The maximum atomic E-state index is 11.1. The van der Waals surface area contributed by atoms with Crippen LogP contribution in [0.4, 0.5) is 47.6 Å². The zero-order chi connectivity index (χ0) is 31.2. The maximum absolute atomic E-state index is 11.1. The van der Waals surface area contributed by atoms with E-state index in [1.54, 1.807) is 0 Å². The zero-order valence-corrected chi connectivity index (χ0v) is 23.2. The number of nitrogens with zero attached hydrogens (tertiary/aromatic N) is 8. The minimum absolute atomic E-state index is 0.00725. The molecule has 0 radical (unpaired) electrons. The molecular weight excluding hydrogens is 626 g/mol. The third-order valence-electron chi connectivity index (χ3n) is 4.40. The van der Waals surface area contributed by atoms with E-state index >= 15 is 0 Å². The van der Waals surface area contributed by atoms with E-state index < -0.39 is 41.4 Å². The van der Waals surface area contributed by atoms with E-state index in [9.17, 15) is 18.6 Å². The Hall–Kier alpha value is -4.06. The number of anilines is 8. The summed E-state index contributed by atoms with van der Waals surface area (Å²) >= 11 is 0.675. The molecule has 0 saturated heterocycles. The largest absolute Gasteiger partial charge is 0.394 e. The van der Waals surface area contributed by atoms with Gasteiger partial charge >= 0.3 is 0 Å². The van der Waals surface area contributed by atoms with Gasteiger partial charge in [-0.15, -0.1) is 9.43 Å². The predicted octanol–water partition coefficient (Wildman–Crippen LogP) is -3.11. The molecule has 0 aliphatic rings. The number of hydrogen-bond donors (Lipinski definition) is 13. The van der Waals surface area contributed by atoms with Crippen LogP contribution in [0.1, 0.15) is 0 Å². The highest BCUT2D eigenvalue weighted by Crippen LogP contribution is 2.17. The average molecular weight is 654 g/mol. The summed E-state index contributed by atoms with van der Waals surface area (Å²) in [4.78, 5) is 28.4. The van der Waals surface area contributed by atoms with E-state index in [0.717, 1.165) is 0 Å². The van der Waals surface area contributed by atoms with Crippen LogP contribution in [0.25, 0.3) is 0 Å². The van der Waals surface area contributed by atoms with E-state index in [1.165, 1.54) is 0 Å². The minimum atomic E-state index is -4.42. The van der Waals surface area contributed by atoms with Gasteiger partial charge in [-0.3, -0.25) is 15.2 Å². The molecule has 0 aromatic carbocycles. The molecule has 238 valence electrons. The normalized spacial score (nSPS) is 12.8. The van der Waals surface area contributed by atoms with Crippen LogP contribution in [0.15, 0.2) is 0 Å². The number of aromatic amines is 1. The Morgan fingerprint density at radius 2 is 1.26 bits per heavy atom. The first-order chi connectivity index (χ1) is 20.6. The molecule has 0 aliphatic heterocycles.